The van der Waals surface area contributed by atoms with Crippen LogP contribution in [0.4, 0.5) is 0 Å². The summed E-state index contributed by atoms with van der Waals surface area (Å²) in [6.45, 7) is 5.65. The van der Waals surface area contributed by atoms with E-state index in [1.54, 1.807) is 12.2 Å². The minimum atomic E-state index is -1.62. The van der Waals surface area contributed by atoms with Gasteiger partial charge in [-0.05, 0) is 38.0 Å². The number of hydrogen-bond donors (Lipinski definition) is 2. The molecule has 2 fully saturated rings. The number of carboxylic acids is 1. The lowest BCUT2D eigenvalue weighted by Gasteiger charge is -2.31. The van der Waals surface area contributed by atoms with E-state index in [0.717, 1.165) is 11.1 Å². The fourth-order valence-corrected chi connectivity index (χ4v) is 4.81. The summed E-state index contributed by atoms with van der Waals surface area (Å²) >= 11 is 0. The van der Waals surface area contributed by atoms with Gasteiger partial charge in [-0.3, -0.25) is 24.6 Å². The number of benzene rings is 1. The van der Waals surface area contributed by atoms with Crippen LogP contribution >= 0.6 is 0 Å². The molecular formula is C24H26N2O5. The summed E-state index contributed by atoms with van der Waals surface area (Å²) in [4.78, 5) is 40.6. The Morgan fingerprint density at radius 2 is 1.94 bits per heavy atom. The zero-order valence-electron chi connectivity index (χ0n) is 17.8. The van der Waals surface area contributed by atoms with E-state index in [1.165, 1.54) is 4.90 Å². The number of imide groups is 1. The molecule has 2 aliphatic rings. The van der Waals surface area contributed by atoms with Gasteiger partial charge in [-0.25, -0.2) is 0 Å². The molecule has 2 N–H and O–H groups in total. The summed E-state index contributed by atoms with van der Waals surface area (Å²) in [6, 6.07) is 10.3. The Morgan fingerprint density at radius 1 is 1.23 bits per heavy atom. The number of nitrogens with zero attached hydrogens (tertiary/aromatic N) is 1. The van der Waals surface area contributed by atoms with E-state index in [0.29, 0.717) is 11.5 Å². The number of aryl methyl sites for hydroxylation is 2. The smallest absolute Gasteiger partial charge is 0.325 e. The monoisotopic (exact) mass is 422 g/mol. The fraction of sp³-hybridized carbons (Fsp3) is 0.375. The van der Waals surface area contributed by atoms with E-state index in [9.17, 15) is 19.5 Å². The van der Waals surface area contributed by atoms with Crippen LogP contribution in [0.3, 0.4) is 0 Å². The zero-order chi connectivity index (χ0) is 22.3. The number of carboxylic acid groups (broad SMARTS) is 1. The van der Waals surface area contributed by atoms with Gasteiger partial charge in [-0.15, -0.1) is 0 Å². The number of allylic oxidation sites excluding steroid dienone is 1. The average Bonchev–Trinajstić information content (AvgIpc) is 3.34. The average molecular weight is 422 g/mol. The second kappa shape index (κ2) is 7.81. The van der Waals surface area contributed by atoms with Gasteiger partial charge in [0.25, 0.3) is 0 Å². The van der Waals surface area contributed by atoms with Crippen molar-refractivity contribution in [1.82, 2.24) is 10.2 Å². The summed E-state index contributed by atoms with van der Waals surface area (Å²) in [7, 11) is 0. The first-order valence-corrected chi connectivity index (χ1v) is 10.4. The van der Waals surface area contributed by atoms with Crippen molar-refractivity contribution in [2.24, 2.45) is 11.8 Å². The van der Waals surface area contributed by atoms with Crippen molar-refractivity contribution >= 4 is 17.8 Å². The molecule has 4 rings (SSSR count). The molecule has 0 bridgehead atoms. The third-order valence-corrected chi connectivity index (χ3v) is 6.47. The van der Waals surface area contributed by atoms with Crippen molar-refractivity contribution in [3.05, 3.63) is 71.2 Å². The summed E-state index contributed by atoms with van der Waals surface area (Å²) in [6.07, 6.45) is 3.56. The molecule has 1 aromatic heterocycles. The highest BCUT2D eigenvalue weighted by atomic mass is 16.4. The maximum Gasteiger partial charge on any atom is 0.325 e. The number of carbonyl (C=O) groups is 3. The predicted molar refractivity (Wildman–Crippen MR) is 113 cm³/mol. The van der Waals surface area contributed by atoms with Gasteiger partial charge in [0.1, 0.15) is 17.1 Å². The number of nitrogens with one attached hydrogen (secondary N) is 1. The van der Waals surface area contributed by atoms with Crippen molar-refractivity contribution in [3.8, 4) is 0 Å². The second-order valence-electron chi connectivity index (χ2n) is 8.31. The zero-order valence-corrected chi connectivity index (χ0v) is 17.8. The van der Waals surface area contributed by atoms with Gasteiger partial charge in [-0.2, -0.15) is 0 Å². The SMILES string of the molecule is C/C=C/CN1C(=O)C2C(c3cc(C)c(C)o3)NC(Cc3ccccc3)(C(=O)O)C2C1=O. The van der Waals surface area contributed by atoms with E-state index in [-0.39, 0.29) is 18.9 Å². The Morgan fingerprint density at radius 3 is 2.52 bits per heavy atom. The van der Waals surface area contributed by atoms with Gasteiger partial charge in [0, 0.05) is 13.0 Å². The number of fused-ring (bicyclic) bond motifs is 1. The van der Waals surface area contributed by atoms with Gasteiger partial charge in [0.2, 0.25) is 11.8 Å². The second-order valence-corrected chi connectivity index (χ2v) is 8.31. The minimum Gasteiger partial charge on any atom is -0.480 e. The van der Waals surface area contributed by atoms with Gasteiger partial charge in [0.15, 0.2) is 0 Å². The highest BCUT2D eigenvalue weighted by molar-refractivity contribution is 6.09. The molecule has 4 atom stereocenters. The molecule has 3 heterocycles. The Balaban J connectivity index is 1.84. The molecule has 1 aromatic carbocycles. The molecule has 2 amide bonds. The molecule has 0 aliphatic carbocycles. The van der Waals surface area contributed by atoms with Crippen LogP contribution in [0.1, 0.15) is 35.6 Å². The summed E-state index contributed by atoms with van der Waals surface area (Å²) < 4.78 is 5.88. The van der Waals surface area contributed by atoms with E-state index in [1.807, 2.05) is 57.2 Å². The molecule has 7 nitrogen and oxygen atoms in total. The lowest BCUT2D eigenvalue weighted by atomic mass is 9.76. The third kappa shape index (κ3) is 3.29. The first-order chi connectivity index (χ1) is 14.8. The molecule has 2 aromatic rings. The highest BCUT2D eigenvalue weighted by Crippen LogP contribution is 2.50. The van der Waals surface area contributed by atoms with Crippen LogP contribution in [-0.2, 0) is 20.8 Å². The molecule has 7 heteroatoms. The summed E-state index contributed by atoms with van der Waals surface area (Å²) in [5.41, 5.74) is 0.0606. The lowest BCUT2D eigenvalue weighted by Crippen LogP contribution is -2.57. The van der Waals surface area contributed by atoms with Gasteiger partial charge in [0.05, 0.1) is 17.9 Å². The number of aliphatic carboxylic acids is 1. The molecular weight excluding hydrogens is 396 g/mol. The molecule has 0 saturated carbocycles. The summed E-state index contributed by atoms with van der Waals surface area (Å²) in [5, 5.41) is 13.5. The van der Waals surface area contributed by atoms with Crippen molar-refractivity contribution in [1.29, 1.82) is 0 Å². The number of likely N-dealkylation sites (tertiary alicyclic amines) is 1. The van der Waals surface area contributed by atoms with Crippen LogP contribution in [-0.4, -0.2) is 39.9 Å². The van der Waals surface area contributed by atoms with Crippen LogP contribution < -0.4 is 5.32 Å². The fourth-order valence-electron chi connectivity index (χ4n) is 4.81. The highest BCUT2D eigenvalue weighted by Gasteiger charge is 2.68. The van der Waals surface area contributed by atoms with Gasteiger partial charge < -0.3 is 9.52 Å². The first-order valence-electron chi connectivity index (χ1n) is 10.4. The van der Waals surface area contributed by atoms with E-state index in [4.69, 9.17) is 4.42 Å². The number of furan rings is 1. The largest absolute Gasteiger partial charge is 0.480 e. The molecule has 162 valence electrons. The Hall–Kier alpha value is -3.19. The summed E-state index contributed by atoms with van der Waals surface area (Å²) in [5.74, 6) is -2.67. The molecule has 2 aliphatic heterocycles. The van der Waals surface area contributed by atoms with Crippen molar-refractivity contribution in [2.45, 2.75) is 38.8 Å². The molecule has 31 heavy (non-hydrogen) atoms. The quantitative estimate of drug-likeness (QED) is 0.549. The number of hydrogen-bond acceptors (Lipinski definition) is 5. The predicted octanol–water partition coefficient (Wildman–Crippen LogP) is 2.78. The Labute approximate surface area is 180 Å². The normalized spacial score (nSPS) is 28.0. The number of rotatable bonds is 6. The third-order valence-electron chi connectivity index (χ3n) is 6.47. The Bertz CT molecular complexity index is 1040. The van der Waals surface area contributed by atoms with E-state index < -0.39 is 35.3 Å². The van der Waals surface area contributed by atoms with Gasteiger partial charge in [-0.1, -0.05) is 42.5 Å². The topological polar surface area (TPSA) is 99.8 Å². The lowest BCUT2D eigenvalue weighted by molar-refractivity contribution is -0.151. The van der Waals surface area contributed by atoms with E-state index in [2.05, 4.69) is 5.32 Å². The van der Waals surface area contributed by atoms with Crippen LogP contribution in [0.5, 0.6) is 0 Å². The minimum absolute atomic E-state index is 0.0794. The van der Waals surface area contributed by atoms with Crippen molar-refractivity contribution in [2.75, 3.05) is 6.54 Å². The van der Waals surface area contributed by atoms with Crippen molar-refractivity contribution in [3.63, 3.8) is 0 Å². The van der Waals surface area contributed by atoms with Crippen LogP contribution in [0, 0.1) is 25.7 Å². The van der Waals surface area contributed by atoms with Crippen molar-refractivity contribution < 1.29 is 23.9 Å². The molecule has 0 spiro atoms. The number of carbonyl (C=O) groups excluding carboxylic acids is 2. The van der Waals surface area contributed by atoms with Crippen LogP contribution in [0.2, 0.25) is 0 Å². The number of amides is 2. The Kier molecular flexibility index (Phi) is 5.31. The molecule has 0 radical (unpaired) electrons. The van der Waals surface area contributed by atoms with E-state index >= 15 is 0 Å². The van der Waals surface area contributed by atoms with Gasteiger partial charge >= 0.3 is 5.97 Å². The maximum atomic E-state index is 13.4. The molecule has 4 unspecified atom stereocenters. The molecule has 2 saturated heterocycles. The van der Waals surface area contributed by atoms with Crippen LogP contribution in [0.15, 0.2) is 53.0 Å². The first kappa shape index (κ1) is 21.1. The van der Waals surface area contributed by atoms with Crippen LogP contribution in [0.25, 0.3) is 0 Å². The standard InChI is InChI=1S/C24H26N2O5/c1-4-5-11-26-21(27)18-19(22(26)28)24(23(29)30,13-16-9-7-6-8-10-16)25-20(18)17-12-14(2)15(3)31-17/h4-10,12,18-20,25H,11,13H2,1-3H3,(H,29,30)/b5-4+. The maximum absolute atomic E-state index is 13.4.